The molecule has 0 unspecified atom stereocenters. The first-order valence-electron chi connectivity index (χ1n) is 5.89. The molecule has 14 heavy (non-hydrogen) atoms. The third kappa shape index (κ3) is 2.47. The Kier molecular flexibility index (Phi) is 3.10. The van der Waals surface area contributed by atoms with Crippen molar-refractivity contribution >= 4 is 0 Å². The number of nitrogens with one attached hydrogen (secondary N) is 1. The molecule has 0 aromatic carbocycles. The summed E-state index contributed by atoms with van der Waals surface area (Å²) in [7, 11) is 0. The van der Waals surface area contributed by atoms with Crippen LogP contribution < -0.4 is 11.1 Å². The average molecular weight is 198 g/mol. The first kappa shape index (κ1) is 10.4. The van der Waals surface area contributed by atoms with Crippen molar-refractivity contribution in [2.75, 3.05) is 6.54 Å². The molecule has 82 valence electrons. The van der Waals surface area contributed by atoms with Gasteiger partial charge in [-0.3, -0.25) is 0 Å². The lowest BCUT2D eigenvalue weighted by Crippen LogP contribution is -2.49. The smallest absolute Gasteiger partial charge is 0.0772 e. The number of nitrogens with two attached hydrogens (primary N) is 1. The van der Waals surface area contributed by atoms with Crippen LogP contribution in [-0.4, -0.2) is 29.3 Å². The first-order chi connectivity index (χ1) is 6.68. The molecule has 4 N–H and O–H groups in total. The van der Waals surface area contributed by atoms with E-state index in [1.54, 1.807) is 0 Å². The zero-order valence-corrected chi connectivity index (χ0v) is 8.84. The van der Waals surface area contributed by atoms with Crippen LogP contribution in [0.5, 0.6) is 0 Å². The van der Waals surface area contributed by atoms with Crippen LogP contribution in [0.1, 0.15) is 44.9 Å². The maximum atomic E-state index is 10.2. The molecule has 0 amide bonds. The number of rotatable bonds is 3. The van der Waals surface area contributed by atoms with E-state index >= 15 is 0 Å². The Balaban J connectivity index is 1.71. The minimum atomic E-state index is -0.467. The highest BCUT2D eigenvalue weighted by molar-refractivity contribution is 4.90. The van der Waals surface area contributed by atoms with Crippen LogP contribution in [0.25, 0.3) is 0 Å². The molecule has 0 bridgehead atoms. The fourth-order valence-corrected chi connectivity index (χ4v) is 2.30. The molecule has 0 aliphatic heterocycles. The molecule has 0 radical (unpaired) electrons. The number of hydrogen-bond acceptors (Lipinski definition) is 3. The fraction of sp³-hybridized carbons (Fsp3) is 1.00. The standard InChI is InChI=1S/C11H22N2O/c12-9-4-6-11(14,7-5-9)8-13-10-2-1-3-10/h9-10,13-14H,1-8,12H2. The van der Waals surface area contributed by atoms with Gasteiger partial charge in [0.2, 0.25) is 0 Å². The number of hydrogen-bond donors (Lipinski definition) is 3. The van der Waals surface area contributed by atoms with Crippen molar-refractivity contribution in [2.24, 2.45) is 5.73 Å². The van der Waals surface area contributed by atoms with Crippen LogP contribution in [0.4, 0.5) is 0 Å². The minimum Gasteiger partial charge on any atom is -0.389 e. The normalized spacial score (nSPS) is 39.4. The van der Waals surface area contributed by atoms with E-state index in [0.717, 1.165) is 32.2 Å². The van der Waals surface area contributed by atoms with E-state index in [9.17, 15) is 5.11 Å². The van der Waals surface area contributed by atoms with E-state index < -0.39 is 5.60 Å². The third-order valence-corrected chi connectivity index (χ3v) is 3.79. The van der Waals surface area contributed by atoms with Crippen molar-refractivity contribution < 1.29 is 5.11 Å². The van der Waals surface area contributed by atoms with E-state index in [4.69, 9.17) is 5.73 Å². The van der Waals surface area contributed by atoms with Crippen molar-refractivity contribution in [1.82, 2.24) is 5.32 Å². The third-order valence-electron chi connectivity index (χ3n) is 3.79. The second-order valence-electron chi connectivity index (χ2n) is 5.07. The van der Waals surface area contributed by atoms with Crippen LogP contribution in [0.15, 0.2) is 0 Å². The monoisotopic (exact) mass is 198 g/mol. The molecule has 0 aromatic rings. The molecule has 0 spiro atoms. The van der Waals surface area contributed by atoms with Crippen LogP contribution in [0, 0.1) is 0 Å². The Morgan fingerprint density at radius 1 is 1.21 bits per heavy atom. The van der Waals surface area contributed by atoms with Crippen LogP contribution in [-0.2, 0) is 0 Å². The Bertz CT molecular complexity index is 184. The Hall–Kier alpha value is -0.120. The van der Waals surface area contributed by atoms with E-state index in [0.29, 0.717) is 12.1 Å². The molecular formula is C11H22N2O. The van der Waals surface area contributed by atoms with Crippen molar-refractivity contribution in [2.45, 2.75) is 62.6 Å². The van der Waals surface area contributed by atoms with Crippen LogP contribution in [0.2, 0.25) is 0 Å². The topological polar surface area (TPSA) is 58.3 Å². The average Bonchev–Trinajstić information content (AvgIpc) is 2.08. The zero-order chi connectivity index (χ0) is 10.0. The Morgan fingerprint density at radius 3 is 2.36 bits per heavy atom. The summed E-state index contributed by atoms with van der Waals surface area (Å²) < 4.78 is 0. The van der Waals surface area contributed by atoms with Gasteiger partial charge in [-0.1, -0.05) is 6.42 Å². The Labute approximate surface area is 86.1 Å². The van der Waals surface area contributed by atoms with Gasteiger partial charge in [0.15, 0.2) is 0 Å². The highest BCUT2D eigenvalue weighted by Crippen LogP contribution is 2.28. The van der Waals surface area contributed by atoms with E-state index in [1.165, 1.54) is 19.3 Å². The SMILES string of the molecule is NC1CCC(O)(CNC2CCC2)CC1. The van der Waals surface area contributed by atoms with E-state index in [-0.39, 0.29) is 0 Å². The van der Waals surface area contributed by atoms with Crippen LogP contribution in [0.3, 0.4) is 0 Å². The summed E-state index contributed by atoms with van der Waals surface area (Å²) >= 11 is 0. The maximum absolute atomic E-state index is 10.2. The summed E-state index contributed by atoms with van der Waals surface area (Å²) in [5.41, 5.74) is 5.35. The van der Waals surface area contributed by atoms with Crippen LogP contribution >= 0.6 is 0 Å². The minimum absolute atomic E-state index is 0.318. The van der Waals surface area contributed by atoms with E-state index in [1.807, 2.05) is 0 Å². The zero-order valence-electron chi connectivity index (χ0n) is 8.84. The molecule has 0 saturated heterocycles. The van der Waals surface area contributed by atoms with E-state index in [2.05, 4.69) is 5.32 Å². The summed E-state index contributed by atoms with van der Waals surface area (Å²) in [5, 5.41) is 13.7. The van der Waals surface area contributed by atoms with Gasteiger partial charge in [-0.25, -0.2) is 0 Å². The first-order valence-corrected chi connectivity index (χ1v) is 5.89. The summed E-state index contributed by atoms with van der Waals surface area (Å²) in [6.07, 6.45) is 7.61. The second-order valence-corrected chi connectivity index (χ2v) is 5.07. The van der Waals surface area contributed by atoms with Gasteiger partial charge in [0.05, 0.1) is 5.60 Å². The summed E-state index contributed by atoms with van der Waals surface area (Å²) in [6, 6.07) is 0.994. The predicted octanol–water partition coefficient (Wildman–Crippen LogP) is 0.761. The lowest BCUT2D eigenvalue weighted by atomic mass is 9.82. The molecule has 2 fully saturated rings. The largest absolute Gasteiger partial charge is 0.389 e. The Morgan fingerprint density at radius 2 is 1.86 bits per heavy atom. The molecule has 2 rings (SSSR count). The summed E-state index contributed by atoms with van der Waals surface area (Å²) in [6.45, 7) is 0.768. The van der Waals surface area contributed by atoms with Gasteiger partial charge in [0.25, 0.3) is 0 Å². The fourth-order valence-electron chi connectivity index (χ4n) is 2.30. The highest BCUT2D eigenvalue weighted by atomic mass is 16.3. The lowest BCUT2D eigenvalue weighted by Gasteiger charge is -2.37. The molecule has 3 nitrogen and oxygen atoms in total. The predicted molar refractivity (Wildman–Crippen MR) is 57.0 cm³/mol. The summed E-state index contributed by atoms with van der Waals surface area (Å²) in [5.74, 6) is 0. The van der Waals surface area contributed by atoms with Gasteiger partial charge in [0.1, 0.15) is 0 Å². The van der Waals surface area contributed by atoms with Gasteiger partial charge < -0.3 is 16.2 Å². The van der Waals surface area contributed by atoms with Crippen molar-refractivity contribution in [3.05, 3.63) is 0 Å². The van der Waals surface area contributed by atoms with Gasteiger partial charge in [-0.2, -0.15) is 0 Å². The van der Waals surface area contributed by atoms with Gasteiger partial charge >= 0.3 is 0 Å². The van der Waals surface area contributed by atoms with Crippen molar-refractivity contribution in [3.8, 4) is 0 Å². The highest BCUT2D eigenvalue weighted by Gasteiger charge is 2.32. The van der Waals surface area contributed by atoms with Gasteiger partial charge in [-0.15, -0.1) is 0 Å². The molecule has 2 aliphatic rings. The molecule has 3 heteroatoms. The molecule has 0 aromatic heterocycles. The lowest BCUT2D eigenvalue weighted by molar-refractivity contribution is -0.00358. The molecule has 0 atom stereocenters. The van der Waals surface area contributed by atoms with Crippen molar-refractivity contribution in [1.29, 1.82) is 0 Å². The molecule has 2 aliphatic carbocycles. The molecule has 2 saturated carbocycles. The van der Waals surface area contributed by atoms with Gasteiger partial charge in [0, 0.05) is 18.6 Å². The second kappa shape index (κ2) is 4.17. The van der Waals surface area contributed by atoms with Crippen molar-refractivity contribution in [3.63, 3.8) is 0 Å². The maximum Gasteiger partial charge on any atom is 0.0772 e. The summed E-state index contributed by atoms with van der Waals surface area (Å²) in [4.78, 5) is 0. The molecule has 0 heterocycles. The van der Waals surface area contributed by atoms with Gasteiger partial charge in [-0.05, 0) is 38.5 Å². The molecular weight excluding hydrogens is 176 g/mol. The number of aliphatic hydroxyl groups is 1. The quantitative estimate of drug-likeness (QED) is 0.627.